The van der Waals surface area contributed by atoms with Crippen molar-refractivity contribution in [1.82, 2.24) is 19.0 Å². The highest BCUT2D eigenvalue weighted by Gasteiger charge is 2.31. The molecule has 0 spiro atoms. The second-order valence-electron chi connectivity index (χ2n) is 10.7. The summed E-state index contributed by atoms with van der Waals surface area (Å²) in [5.41, 5.74) is 3.90. The largest absolute Gasteiger partial charge is 0.452 e. The Morgan fingerprint density at radius 3 is 2.71 bits per heavy atom. The number of likely N-dealkylation sites (tertiary alicyclic amines) is 1. The minimum atomic E-state index is -0.352. The van der Waals surface area contributed by atoms with Gasteiger partial charge in [-0.2, -0.15) is 0 Å². The van der Waals surface area contributed by atoms with Crippen LogP contribution in [0.25, 0.3) is 11.0 Å². The lowest BCUT2D eigenvalue weighted by atomic mass is 9.96. The average molecular weight is 520 g/mol. The number of benzene rings is 1. The number of aromatic nitrogens is 3. The lowest BCUT2D eigenvalue weighted by Gasteiger charge is -2.34. The quantitative estimate of drug-likeness (QED) is 0.451. The molecule has 0 unspecified atom stereocenters. The Morgan fingerprint density at radius 1 is 1.11 bits per heavy atom. The maximum absolute atomic E-state index is 12.6. The number of anilines is 1. The van der Waals surface area contributed by atoms with Crippen LogP contribution in [0.15, 0.2) is 41.3 Å². The first-order chi connectivity index (χ1) is 18.4. The zero-order valence-electron chi connectivity index (χ0n) is 22.6. The van der Waals surface area contributed by atoms with Gasteiger partial charge in [0.2, 0.25) is 0 Å². The number of Topliss-reactive ketones (excluding diaryl/α,β-unsaturated/α-hetero) is 1. The predicted molar refractivity (Wildman–Crippen MR) is 147 cm³/mol. The Morgan fingerprint density at radius 2 is 1.95 bits per heavy atom. The van der Waals surface area contributed by atoms with E-state index in [1.165, 1.54) is 7.11 Å². The van der Waals surface area contributed by atoms with Crippen LogP contribution in [-0.4, -0.2) is 63.7 Å². The van der Waals surface area contributed by atoms with Crippen molar-refractivity contribution < 1.29 is 14.3 Å². The number of imidazole rings is 1. The Bertz CT molecular complexity index is 1390. The topological polar surface area (TPSA) is 89.7 Å². The minimum absolute atomic E-state index is 0.0242. The highest BCUT2D eigenvalue weighted by Crippen LogP contribution is 2.36. The number of carbonyl (C=O) groups is 2. The van der Waals surface area contributed by atoms with Crippen molar-refractivity contribution >= 4 is 28.6 Å². The van der Waals surface area contributed by atoms with Gasteiger partial charge in [0.15, 0.2) is 0 Å². The van der Waals surface area contributed by atoms with E-state index >= 15 is 0 Å². The number of amides is 1. The molecule has 2 atom stereocenters. The fraction of sp³-hybridized carbons (Fsp3) is 0.517. The molecule has 4 heterocycles. The molecule has 0 radical (unpaired) electrons. The van der Waals surface area contributed by atoms with E-state index in [-0.39, 0.29) is 23.5 Å². The number of rotatable bonds is 8. The fourth-order valence-electron chi connectivity index (χ4n) is 6.09. The number of hydrogen-bond acceptors (Lipinski definition) is 6. The molecule has 0 saturated carbocycles. The van der Waals surface area contributed by atoms with E-state index < -0.39 is 0 Å². The standard InChI is InChI=1S/C29H37N5O4/c1-20-7-8-23-24(34(20)29(37)38-3)9-10-25-28(23)30-26(12-15-32-13-5-4-6-27(32)36)33(25)17-16-31-14-11-22(19-31)18-21(2)35/h4-6,9-10,13,20,22H,7-8,11-12,14-19H2,1-3H3/t20-,22+/m0/s1. The van der Waals surface area contributed by atoms with Crippen molar-refractivity contribution in [3.8, 4) is 0 Å². The summed E-state index contributed by atoms with van der Waals surface area (Å²) in [5, 5.41) is 0. The number of methoxy groups -OCH3 is 1. The van der Waals surface area contributed by atoms with Crippen molar-refractivity contribution in [3.63, 3.8) is 0 Å². The summed E-state index contributed by atoms with van der Waals surface area (Å²) in [6, 6.07) is 9.34. The maximum Gasteiger partial charge on any atom is 0.414 e. The summed E-state index contributed by atoms with van der Waals surface area (Å²) in [5.74, 6) is 1.64. The molecule has 0 aliphatic carbocycles. The summed E-state index contributed by atoms with van der Waals surface area (Å²) in [7, 11) is 1.42. The molecule has 9 heteroatoms. The van der Waals surface area contributed by atoms with E-state index in [0.29, 0.717) is 25.3 Å². The molecule has 5 rings (SSSR count). The van der Waals surface area contributed by atoms with Crippen LogP contribution >= 0.6 is 0 Å². The number of ketones is 1. The van der Waals surface area contributed by atoms with Crippen molar-refractivity contribution in [3.05, 3.63) is 58.3 Å². The second-order valence-corrected chi connectivity index (χ2v) is 10.7. The average Bonchev–Trinajstić information content (AvgIpc) is 3.49. The molecule has 2 aliphatic heterocycles. The molecule has 2 aliphatic rings. The van der Waals surface area contributed by atoms with Gasteiger partial charge < -0.3 is 23.6 Å². The normalized spacial score (nSPS) is 19.6. The van der Waals surface area contributed by atoms with Crippen LogP contribution in [0.1, 0.15) is 44.5 Å². The molecular formula is C29H37N5O4. The zero-order chi connectivity index (χ0) is 26.8. The highest BCUT2D eigenvalue weighted by molar-refractivity contribution is 5.95. The number of pyridine rings is 1. The first-order valence-corrected chi connectivity index (χ1v) is 13.6. The zero-order valence-corrected chi connectivity index (χ0v) is 22.6. The smallest absolute Gasteiger partial charge is 0.414 e. The van der Waals surface area contributed by atoms with Crippen LogP contribution < -0.4 is 10.5 Å². The monoisotopic (exact) mass is 519 g/mol. The Kier molecular flexibility index (Phi) is 7.65. The molecule has 2 aromatic heterocycles. The van der Waals surface area contributed by atoms with Crippen LogP contribution in [-0.2, 0) is 35.5 Å². The fourth-order valence-corrected chi connectivity index (χ4v) is 6.09. The summed E-state index contributed by atoms with van der Waals surface area (Å²) in [6.07, 6.45) is 5.48. The summed E-state index contributed by atoms with van der Waals surface area (Å²) in [4.78, 5) is 45.8. The highest BCUT2D eigenvalue weighted by atomic mass is 16.5. The molecule has 3 aromatic rings. The van der Waals surface area contributed by atoms with Crippen molar-refractivity contribution in [2.75, 3.05) is 31.6 Å². The molecule has 0 N–H and O–H groups in total. The van der Waals surface area contributed by atoms with Gasteiger partial charge in [-0.15, -0.1) is 0 Å². The first kappa shape index (κ1) is 26.2. The minimum Gasteiger partial charge on any atom is -0.452 e. The third-order valence-corrected chi connectivity index (χ3v) is 8.02. The Balaban J connectivity index is 1.47. The van der Waals surface area contributed by atoms with Gasteiger partial charge in [0.25, 0.3) is 5.56 Å². The number of ether oxygens (including phenoxy) is 1. The van der Waals surface area contributed by atoms with E-state index in [0.717, 1.165) is 73.6 Å². The SMILES string of the molecule is COC(=O)N1c2ccc3c(nc(CCn4ccccc4=O)n3CCN3CC[C@H](CC(C)=O)C3)c2CC[C@@H]1C. The lowest BCUT2D eigenvalue weighted by Crippen LogP contribution is -2.42. The van der Waals surface area contributed by atoms with Gasteiger partial charge in [0, 0.05) is 62.9 Å². The van der Waals surface area contributed by atoms with E-state index in [1.54, 1.807) is 28.5 Å². The molecule has 1 amide bonds. The number of fused-ring (bicyclic) bond motifs is 3. The van der Waals surface area contributed by atoms with Crippen LogP contribution in [0.4, 0.5) is 10.5 Å². The third-order valence-electron chi connectivity index (χ3n) is 8.02. The van der Waals surface area contributed by atoms with Crippen molar-refractivity contribution in [2.24, 2.45) is 5.92 Å². The van der Waals surface area contributed by atoms with Crippen LogP contribution in [0.5, 0.6) is 0 Å². The Hall–Kier alpha value is -3.46. The molecule has 1 saturated heterocycles. The lowest BCUT2D eigenvalue weighted by molar-refractivity contribution is -0.117. The Labute approximate surface area is 223 Å². The van der Waals surface area contributed by atoms with Gasteiger partial charge >= 0.3 is 6.09 Å². The number of aryl methyl sites for hydroxylation is 3. The van der Waals surface area contributed by atoms with E-state index in [2.05, 4.69) is 15.5 Å². The van der Waals surface area contributed by atoms with Crippen molar-refractivity contribution in [1.29, 1.82) is 0 Å². The summed E-state index contributed by atoms with van der Waals surface area (Å²) in [6.45, 7) is 7.86. The van der Waals surface area contributed by atoms with Gasteiger partial charge in [-0.1, -0.05) is 6.07 Å². The molecule has 9 nitrogen and oxygen atoms in total. The first-order valence-electron chi connectivity index (χ1n) is 13.6. The predicted octanol–water partition coefficient (Wildman–Crippen LogP) is 3.65. The second kappa shape index (κ2) is 11.1. The molecule has 202 valence electrons. The van der Waals surface area contributed by atoms with Gasteiger partial charge in [-0.05, 0) is 63.8 Å². The van der Waals surface area contributed by atoms with Gasteiger partial charge in [-0.25, -0.2) is 9.78 Å². The van der Waals surface area contributed by atoms with Crippen LogP contribution in [0, 0.1) is 5.92 Å². The molecule has 1 fully saturated rings. The van der Waals surface area contributed by atoms with Gasteiger partial charge in [0.1, 0.15) is 11.6 Å². The molecule has 38 heavy (non-hydrogen) atoms. The van der Waals surface area contributed by atoms with E-state index in [4.69, 9.17) is 9.72 Å². The van der Waals surface area contributed by atoms with E-state index in [9.17, 15) is 14.4 Å². The summed E-state index contributed by atoms with van der Waals surface area (Å²) >= 11 is 0. The van der Waals surface area contributed by atoms with E-state index in [1.807, 2.05) is 25.3 Å². The number of nitrogens with zero attached hydrogens (tertiary/aromatic N) is 5. The number of hydrogen-bond donors (Lipinski definition) is 0. The van der Waals surface area contributed by atoms with Gasteiger partial charge in [-0.3, -0.25) is 9.69 Å². The molecular weight excluding hydrogens is 482 g/mol. The number of carbonyl (C=O) groups excluding carboxylic acids is 2. The van der Waals surface area contributed by atoms with Crippen molar-refractivity contribution in [2.45, 2.75) is 65.1 Å². The van der Waals surface area contributed by atoms with Gasteiger partial charge in [0.05, 0.1) is 23.8 Å². The van der Waals surface area contributed by atoms with Crippen LogP contribution in [0.2, 0.25) is 0 Å². The van der Waals surface area contributed by atoms with Crippen LogP contribution in [0.3, 0.4) is 0 Å². The maximum atomic E-state index is 12.6. The summed E-state index contributed by atoms with van der Waals surface area (Å²) < 4.78 is 9.08. The third kappa shape index (κ3) is 5.25. The molecule has 1 aromatic carbocycles. The molecule has 0 bridgehead atoms.